The first kappa shape index (κ1) is 25.1. The third-order valence-corrected chi connectivity index (χ3v) is 6.17. The van der Waals surface area contributed by atoms with Gasteiger partial charge in [-0.25, -0.2) is 0 Å². The normalized spacial score (nSPS) is 12.6. The summed E-state index contributed by atoms with van der Waals surface area (Å²) in [7, 11) is 1.61. The number of amides is 2. The number of nitrogens with zero attached hydrogens (tertiary/aromatic N) is 1. The second-order valence-corrected chi connectivity index (χ2v) is 8.66. The van der Waals surface area contributed by atoms with E-state index in [0.717, 1.165) is 16.7 Å². The molecule has 1 aliphatic heterocycles. The Morgan fingerprint density at radius 1 is 0.944 bits per heavy atom. The molecule has 0 aliphatic carbocycles. The number of methoxy groups -OCH3 is 1. The Labute approximate surface area is 212 Å². The first-order valence-corrected chi connectivity index (χ1v) is 12.2. The zero-order valence-electron chi connectivity index (χ0n) is 20.7. The molecule has 1 aliphatic rings. The van der Waals surface area contributed by atoms with Gasteiger partial charge in [0.25, 0.3) is 0 Å². The van der Waals surface area contributed by atoms with Gasteiger partial charge < -0.3 is 24.4 Å². The summed E-state index contributed by atoms with van der Waals surface area (Å²) in [5, 5.41) is 2.92. The predicted molar refractivity (Wildman–Crippen MR) is 137 cm³/mol. The monoisotopic (exact) mass is 488 g/mol. The van der Waals surface area contributed by atoms with E-state index in [4.69, 9.17) is 14.2 Å². The number of benzene rings is 3. The minimum atomic E-state index is -0.650. The van der Waals surface area contributed by atoms with Crippen LogP contribution in [-0.2, 0) is 29.0 Å². The first-order valence-electron chi connectivity index (χ1n) is 12.2. The van der Waals surface area contributed by atoms with E-state index in [1.165, 1.54) is 0 Å². The highest BCUT2D eigenvalue weighted by Gasteiger charge is 2.30. The molecule has 0 radical (unpaired) electrons. The molecule has 7 heteroatoms. The highest BCUT2D eigenvalue weighted by atomic mass is 16.7. The number of carbonyl (C=O) groups excluding carboxylic acids is 2. The van der Waals surface area contributed by atoms with Gasteiger partial charge >= 0.3 is 0 Å². The maximum atomic E-state index is 13.7. The maximum Gasteiger partial charge on any atom is 0.243 e. The standard InChI is InChI=1S/C29H32N2O5/c1-3-30-29(33)25(17-21-8-5-4-6-9-21)31(19-23-10-7-11-24(16-23)34-2)28(32)15-13-22-12-14-26-27(18-22)36-20-35-26/h4-12,14,16,18,25H,3,13,15,17,19-20H2,1-2H3,(H,30,33)/t25-/m1/s1. The summed E-state index contributed by atoms with van der Waals surface area (Å²) in [6.45, 7) is 2.87. The van der Waals surface area contributed by atoms with Crippen molar-refractivity contribution in [3.63, 3.8) is 0 Å². The van der Waals surface area contributed by atoms with Crippen LogP contribution in [0.4, 0.5) is 0 Å². The van der Waals surface area contributed by atoms with Gasteiger partial charge in [-0.1, -0.05) is 48.5 Å². The van der Waals surface area contributed by atoms with Crippen LogP contribution in [0.5, 0.6) is 17.2 Å². The van der Waals surface area contributed by atoms with E-state index in [2.05, 4.69) is 5.32 Å². The van der Waals surface area contributed by atoms with Crippen molar-refractivity contribution in [3.8, 4) is 17.2 Å². The molecular formula is C29H32N2O5. The number of carbonyl (C=O) groups is 2. The number of likely N-dealkylation sites (N-methyl/N-ethyl adjacent to an activating group) is 1. The third kappa shape index (κ3) is 6.36. The van der Waals surface area contributed by atoms with Crippen molar-refractivity contribution >= 4 is 11.8 Å². The molecular weight excluding hydrogens is 456 g/mol. The average Bonchev–Trinajstić information content (AvgIpc) is 3.38. The summed E-state index contributed by atoms with van der Waals surface area (Å²) >= 11 is 0. The highest BCUT2D eigenvalue weighted by Crippen LogP contribution is 2.33. The molecule has 36 heavy (non-hydrogen) atoms. The second-order valence-electron chi connectivity index (χ2n) is 8.66. The van der Waals surface area contributed by atoms with E-state index in [-0.39, 0.29) is 25.0 Å². The van der Waals surface area contributed by atoms with E-state index < -0.39 is 6.04 Å². The molecule has 0 unspecified atom stereocenters. The summed E-state index contributed by atoms with van der Waals surface area (Å²) in [5.41, 5.74) is 2.87. The molecule has 1 heterocycles. The van der Waals surface area contributed by atoms with Crippen LogP contribution < -0.4 is 19.5 Å². The van der Waals surface area contributed by atoms with Crippen LogP contribution in [0.15, 0.2) is 72.8 Å². The Morgan fingerprint density at radius 3 is 2.50 bits per heavy atom. The van der Waals surface area contributed by atoms with Crippen molar-refractivity contribution in [1.82, 2.24) is 10.2 Å². The quantitative estimate of drug-likeness (QED) is 0.439. The minimum Gasteiger partial charge on any atom is -0.497 e. The summed E-state index contributed by atoms with van der Waals surface area (Å²) < 4.78 is 16.2. The largest absolute Gasteiger partial charge is 0.497 e. The lowest BCUT2D eigenvalue weighted by Crippen LogP contribution is -2.50. The average molecular weight is 489 g/mol. The number of hydrogen-bond donors (Lipinski definition) is 1. The molecule has 0 bridgehead atoms. The Bertz CT molecular complexity index is 1180. The molecule has 0 aromatic heterocycles. The smallest absolute Gasteiger partial charge is 0.243 e. The lowest BCUT2D eigenvalue weighted by atomic mass is 10.0. The topological polar surface area (TPSA) is 77.1 Å². The number of rotatable bonds is 11. The van der Waals surface area contributed by atoms with Gasteiger partial charge in [-0.05, 0) is 54.3 Å². The van der Waals surface area contributed by atoms with Crippen molar-refractivity contribution < 1.29 is 23.8 Å². The zero-order valence-corrected chi connectivity index (χ0v) is 20.7. The molecule has 0 saturated carbocycles. The number of aryl methyl sites for hydroxylation is 1. The molecule has 0 saturated heterocycles. The van der Waals surface area contributed by atoms with Crippen molar-refractivity contribution in [2.75, 3.05) is 20.4 Å². The number of hydrogen-bond acceptors (Lipinski definition) is 5. The predicted octanol–water partition coefficient (Wildman–Crippen LogP) is 4.13. The zero-order chi connectivity index (χ0) is 25.3. The number of nitrogens with one attached hydrogen (secondary N) is 1. The van der Waals surface area contributed by atoms with Crippen LogP contribution in [0.2, 0.25) is 0 Å². The molecule has 1 N–H and O–H groups in total. The Kier molecular flexibility index (Phi) is 8.44. The summed E-state index contributed by atoms with van der Waals surface area (Å²) in [6, 6.07) is 22.4. The maximum absolute atomic E-state index is 13.7. The van der Waals surface area contributed by atoms with Crippen molar-refractivity contribution in [2.24, 2.45) is 0 Å². The van der Waals surface area contributed by atoms with Gasteiger partial charge in [0, 0.05) is 25.9 Å². The van der Waals surface area contributed by atoms with Gasteiger partial charge in [-0.3, -0.25) is 9.59 Å². The Hall–Kier alpha value is -4.00. The Morgan fingerprint density at radius 2 is 1.72 bits per heavy atom. The van der Waals surface area contributed by atoms with Crippen LogP contribution in [0.1, 0.15) is 30.0 Å². The molecule has 1 atom stereocenters. The van der Waals surface area contributed by atoms with Crippen molar-refractivity contribution in [2.45, 2.75) is 38.8 Å². The summed E-state index contributed by atoms with van der Waals surface area (Å²) in [6.07, 6.45) is 1.21. The molecule has 3 aromatic rings. The molecule has 7 nitrogen and oxygen atoms in total. The SMILES string of the molecule is CCNC(=O)[C@@H](Cc1ccccc1)N(Cc1cccc(OC)c1)C(=O)CCc1ccc2c(c1)OCO2. The van der Waals surface area contributed by atoms with Crippen LogP contribution >= 0.6 is 0 Å². The van der Waals surface area contributed by atoms with Gasteiger partial charge in [0.05, 0.1) is 7.11 Å². The fourth-order valence-electron chi connectivity index (χ4n) is 4.30. The first-order chi connectivity index (χ1) is 17.6. The van der Waals surface area contributed by atoms with Crippen molar-refractivity contribution in [1.29, 1.82) is 0 Å². The number of ether oxygens (including phenoxy) is 3. The van der Waals surface area contributed by atoms with Gasteiger partial charge in [-0.2, -0.15) is 0 Å². The summed E-state index contributed by atoms with van der Waals surface area (Å²) in [5.74, 6) is 1.85. The highest BCUT2D eigenvalue weighted by molar-refractivity contribution is 5.88. The van der Waals surface area contributed by atoms with Crippen LogP contribution in [0.25, 0.3) is 0 Å². The van der Waals surface area contributed by atoms with E-state index >= 15 is 0 Å². The van der Waals surface area contributed by atoms with Crippen molar-refractivity contribution in [3.05, 3.63) is 89.5 Å². The van der Waals surface area contributed by atoms with Crippen LogP contribution in [0.3, 0.4) is 0 Å². The van der Waals surface area contributed by atoms with Crippen LogP contribution in [-0.4, -0.2) is 43.2 Å². The molecule has 4 rings (SSSR count). The summed E-state index contributed by atoms with van der Waals surface area (Å²) in [4.78, 5) is 28.7. The molecule has 0 fully saturated rings. The Balaban J connectivity index is 1.59. The lowest BCUT2D eigenvalue weighted by molar-refractivity contribution is -0.141. The van der Waals surface area contributed by atoms with E-state index in [0.29, 0.717) is 43.2 Å². The fraction of sp³-hybridized carbons (Fsp3) is 0.310. The lowest BCUT2D eigenvalue weighted by Gasteiger charge is -2.31. The van der Waals surface area contributed by atoms with E-state index in [9.17, 15) is 9.59 Å². The third-order valence-electron chi connectivity index (χ3n) is 6.17. The fourth-order valence-corrected chi connectivity index (χ4v) is 4.30. The van der Waals surface area contributed by atoms with E-state index in [1.54, 1.807) is 12.0 Å². The minimum absolute atomic E-state index is 0.0947. The van der Waals surface area contributed by atoms with Gasteiger partial charge in [0.15, 0.2) is 11.5 Å². The van der Waals surface area contributed by atoms with E-state index in [1.807, 2.05) is 79.7 Å². The number of fused-ring (bicyclic) bond motifs is 1. The van der Waals surface area contributed by atoms with Gasteiger partial charge in [0.2, 0.25) is 18.6 Å². The molecule has 3 aromatic carbocycles. The van der Waals surface area contributed by atoms with Crippen LogP contribution in [0, 0.1) is 0 Å². The second kappa shape index (κ2) is 12.1. The molecule has 0 spiro atoms. The van der Waals surface area contributed by atoms with Gasteiger partial charge in [0.1, 0.15) is 11.8 Å². The molecule has 188 valence electrons. The van der Waals surface area contributed by atoms with Gasteiger partial charge in [-0.15, -0.1) is 0 Å². The molecule has 2 amide bonds.